The van der Waals surface area contributed by atoms with Crippen molar-refractivity contribution in [2.45, 2.75) is 32.1 Å². The van der Waals surface area contributed by atoms with Crippen molar-refractivity contribution in [3.8, 4) is 0 Å². The van der Waals surface area contributed by atoms with Gasteiger partial charge >= 0.3 is 0 Å². The number of piperazine rings is 1. The topological polar surface area (TPSA) is 70.1 Å². The molecule has 5 rings (SSSR count). The zero-order chi connectivity index (χ0) is 19.5. The van der Waals surface area contributed by atoms with Crippen LogP contribution in [0.3, 0.4) is 0 Å². The summed E-state index contributed by atoms with van der Waals surface area (Å²) < 4.78 is 0. The average Bonchev–Trinajstić information content (AvgIpc) is 3.17. The molecule has 1 aliphatic heterocycles. The fourth-order valence-corrected chi connectivity index (χ4v) is 5.59. The van der Waals surface area contributed by atoms with Gasteiger partial charge in [-0.1, -0.05) is 0 Å². The average molecular weight is 410 g/mol. The fourth-order valence-electron chi connectivity index (χ4n) is 4.36. The first kappa shape index (κ1) is 18.7. The molecule has 0 amide bonds. The molecule has 3 aromatic rings. The Bertz CT molecular complexity index is 950. The zero-order valence-corrected chi connectivity index (χ0v) is 17.5. The van der Waals surface area contributed by atoms with Gasteiger partial charge in [-0.15, -0.1) is 11.3 Å². The van der Waals surface area contributed by atoms with Gasteiger partial charge in [0.05, 0.1) is 5.39 Å². The summed E-state index contributed by atoms with van der Waals surface area (Å²) >= 11 is 1.86. The monoisotopic (exact) mass is 409 g/mol. The van der Waals surface area contributed by atoms with Gasteiger partial charge < -0.3 is 10.2 Å². The summed E-state index contributed by atoms with van der Waals surface area (Å²) in [5.41, 5.74) is 1.50. The lowest BCUT2D eigenvalue weighted by atomic mass is 9.97. The van der Waals surface area contributed by atoms with Crippen molar-refractivity contribution in [3.05, 3.63) is 35.2 Å². The van der Waals surface area contributed by atoms with E-state index in [9.17, 15) is 0 Å². The van der Waals surface area contributed by atoms with Gasteiger partial charge in [0.15, 0.2) is 0 Å². The van der Waals surface area contributed by atoms with E-state index in [2.05, 4.69) is 35.1 Å². The van der Waals surface area contributed by atoms with Gasteiger partial charge in [0.2, 0.25) is 5.95 Å². The molecule has 3 aromatic heterocycles. The Hall–Kier alpha value is -2.32. The maximum atomic E-state index is 4.57. The summed E-state index contributed by atoms with van der Waals surface area (Å²) in [7, 11) is 0. The number of aromatic nitrogens is 4. The van der Waals surface area contributed by atoms with E-state index < -0.39 is 0 Å². The predicted octanol–water partition coefficient (Wildman–Crippen LogP) is 2.98. The molecular formula is C21H27N7S. The van der Waals surface area contributed by atoms with Crippen molar-refractivity contribution in [2.24, 2.45) is 0 Å². The highest BCUT2D eigenvalue weighted by Gasteiger charge is 2.20. The molecule has 0 unspecified atom stereocenters. The van der Waals surface area contributed by atoms with Crippen molar-refractivity contribution in [1.82, 2.24) is 24.8 Å². The number of rotatable bonds is 6. The number of nitrogens with zero attached hydrogens (tertiary/aromatic N) is 6. The molecule has 0 radical (unpaired) electrons. The number of anilines is 2. The smallest absolute Gasteiger partial charge is 0.225 e. The Morgan fingerprint density at radius 1 is 0.966 bits per heavy atom. The van der Waals surface area contributed by atoms with E-state index in [0.717, 1.165) is 62.3 Å². The van der Waals surface area contributed by atoms with E-state index in [-0.39, 0.29) is 0 Å². The fraction of sp³-hybridized carbons (Fsp3) is 0.524. The first-order chi connectivity index (χ1) is 14.4. The van der Waals surface area contributed by atoms with Crippen LogP contribution in [-0.4, -0.2) is 64.1 Å². The summed E-state index contributed by atoms with van der Waals surface area (Å²) in [6.45, 7) is 6.16. The van der Waals surface area contributed by atoms with Crippen molar-refractivity contribution >= 4 is 33.3 Å². The van der Waals surface area contributed by atoms with Crippen LogP contribution in [0.1, 0.15) is 29.7 Å². The van der Waals surface area contributed by atoms with Crippen LogP contribution in [0.25, 0.3) is 10.2 Å². The third-order valence-corrected chi connectivity index (χ3v) is 7.10. The molecule has 1 N–H and O–H groups in total. The van der Waals surface area contributed by atoms with E-state index in [1.165, 1.54) is 41.5 Å². The van der Waals surface area contributed by atoms with Crippen LogP contribution in [-0.2, 0) is 12.8 Å². The van der Waals surface area contributed by atoms with Gasteiger partial charge in [-0.3, -0.25) is 4.90 Å². The first-order valence-corrected chi connectivity index (χ1v) is 11.4. The minimum Gasteiger partial charge on any atom is -0.369 e. The molecule has 1 aliphatic carbocycles. The van der Waals surface area contributed by atoms with Gasteiger partial charge in [0, 0.05) is 50.0 Å². The molecule has 0 bridgehead atoms. The Morgan fingerprint density at radius 2 is 1.79 bits per heavy atom. The van der Waals surface area contributed by atoms with Gasteiger partial charge in [-0.2, -0.15) is 0 Å². The number of aryl methyl sites for hydroxylation is 2. The summed E-state index contributed by atoms with van der Waals surface area (Å²) in [5.74, 6) is 1.88. The molecule has 0 spiro atoms. The highest BCUT2D eigenvalue weighted by Crippen LogP contribution is 2.38. The standard InChI is InChI=1S/C21H27N7S/c1-2-6-17-16(5-1)18-19(25-15-26-20(18)29-17)22-9-4-10-27-11-13-28(14-12-27)21-23-7-3-8-24-21/h3,7-8,15H,1-2,4-6,9-14H2,(H,22,25,26). The molecular weight excluding hydrogens is 382 g/mol. The Balaban J connectivity index is 1.13. The summed E-state index contributed by atoms with van der Waals surface area (Å²) in [4.78, 5) is 25.3. The van der Waals surface area contributed by atoms with E-state index in [0.29, 0.717) is 0 Å². The molecule has 152 valence electrons. The van der Waals surface area contributed by atoms with Gasteiger partial charge in [0.1, 0.15) is 17.0 Å². The minimum absolute atomic E-state index is 0.848. The molecule has 1 fully saturated rings. The Kier molecular flexibility index (Phi) is 5.53. The van der Waals surface area contributed by atoms with Gasteiger partial charge in [0.25, 0.3) is 0 Å². The number of nitrogens with one attached hydrogen (secondary N) is 1. The van der Waals surface area contributed by atoms with Crippen LogP contribution in [0.4, 0.5) is 11.8 Å². The predicted molar refractivity (Wildman–Crippen MR) is 118 cm³/mol. The lowest BCUT2D eigenvalue weighted by Gasteiger charge is -2.34. The number of fused-ring (bicyclic) bond motifs is 3. The maximum absolute atomic E-state index is 4.57. The van der Waals surface area contributed by atoms with E-state index >= 15 is 0 Å². The summed E-state index contributed by atoms with van der Waals surface area (Å²) in [6, 6.07) is 1.87. The minimum atomic E-state index is 0.848. The second kappa shape index (κ2) is 8.59. The quantitative estimate of drug-likeness (QED) is 0.628. The van der Waals surface area contributed by atoms with Crippen molar-refractivity contribution < 1.29 is 0 Å². The molecule has 7 nitrogen and oxygen atoms in total. The molecule has 2 aliphatic rings. The number of thiophene rings is 1. The van der Waals surface area contributed by atoms with E-state index in [4.69, 9.17) is 0 Å². The van der Waals surface area contributed by atoms with Crippen LogP contribution >= 0.6 is 11.3 Å². The number of hydrogen-bond acceptors (Lipinski definition) is 8. The largest absolute Gasteiger partial charge is 0.369 e. The van der Waals surface area contributed by atoms with Gasteiger partial charge in [-0.25, -0.2) is 19.9 Å². The summed E-state index contributed by atoms with van der Waals surface area (Å²) in [5, 5.41) is 4.88. The van der Waals surface area contributed by atoms with Crippen LogP contribution in [0.15, 0.2) is 24.8 Å². The summed E-state index contributed by atoms with van der Waals surface area (Å²) in [6.07, 6.45) is 11.4. The zero-order valence-electron chi connectivity index (χ0n) is 16.7. The van der Waals surface area contributed by atoms with E-state index in [1.54, 1.807) is 6.33 Å². The lowest BCUT2D eigenvalue weighted by molar-refractivity contribution is 0.256. The highest BCUT2D eigenvalue weighted by atomic mass is 32.1. The molecule has 4 heterocycles. The third kappa shape index (κ3) is 4.04. The molecule has 29 heavy (non-hydrogen) atoms. The van der Waals surface area contributed by atoms with Crippen LogP contribution in [0.2, 0.25) is 0 Å². The lowest BCUT2D eigenvalue weighted by Crippen LogP contribution is -2.47. The third-order valence-electron chi connectivity index (χ3n) is 5.90. The second-order valence-electron chi connectivity index (χ2n) is 7.77. The molecule has 0 atom stereocenters. The second-order valence-corrected chi connectivity index (χ2v) is 8.85. The van der Waals surface area contributed by atoms with Crippen LogP contribution in [0, 0.1) is 0 Å². The van der Waals surface area contributed by atoms with E-state index in [1.807, 2.05) is 29.8 Å². The normalized spacial score (nSPS) is 17.4. The van der Waals surface area contributed by atoms with Crippen molar-refractivity contribution in [3.63, 3.8) is 0 Å². The molecule has 8 heteroatoms. The molecule has 0 saturated carbocycles. The highest BCUT2D eigenvalue weighted by molar-refractivity contribution is 7.19. The molecule has 0 aromatic carbocycles. The SMILES string of the molecule is c1cnc(N2CCN(CCCNc3ncnc4sc5c(c34)CCCC5)CC2)nc1. The first-order valence-electron chi connectivity index (χ1n) is 10.6. The van der Waals surface area contributed by atoms with Crippen molar-refractivity contribution in [1.29, 1.82) is 0 Å². The molecule has 1 saturated heterocycles. The maximum Gasteiger partial charge on any atom is 0.225 e. The van der Waals surface area contributed by atoms with Gasteiger partial charge in [-0.05, 0) is 50.3 Å². The van der Waals surface area contributed by atoms with Crippen LogP contribution < -0.4 is 10.2 Å². The Morgan fingerprint density at radius 3 is 2.66 bits per heavy atom. The van der Waals surface area contributed by atoms with Crippen LogP contribution in [0.5, 0.6) is 0 Å². The Labute approximate surface area is 175 Å². The number of hydrogen-bond donors (Lipinski definition) is 1. The van der Waals surface area contributed by atoms with Crippen molar-refractivity contribution in [2.75, 3.05) is 49.5 Å².